The summed E-state index contributed by atoms with van der Waals surface area (Å²) in [5.74, 6) is -0.802. The Labute approximate surface area is 174 Å². The van der Waals surface area contributed by atoms with Gasteiger partial charge in [0.05, 0.1) is 17.0 Å². The van der Waals surface area contributed by atoms with E-state index in [0.29, 0.717) is 16.8 Å². The molecule has 1 N–H and O–H groups in total. The third-order valence-electron chi connectivity index (χ3n) is 5.01. The van der Waals surface area contributed by atoms with Crippen LogP contribution >= 0.6 is 0 Å². The van der Waals surface area contributed by atoms with Crippen molar-refractivity contribution in [3.05, 3.63) is 59.1 Å². The number of aryl methyl sites for hydroxylation is 2. The zero-order chi connectivity index (χ0) is 22.3. The van der Waals surface area contributed by atoms with E-state index in [1.165, 1.54) is 11.0 Å². The van der Waals surface area contributed by atoms with Crippen molar-refractivity contribution >= 4 is 0 Å². The van der Waals surface area contributed by atoms with Crippen molar-refractivity contribution in [1.29, 1.82) is 0 Å². The van der Waals surface area contributed by atoms with E-state index in [9.17, 15) is 22.7 Å². The molecule has 1 aliphatic rings. The summed E-state index contributed by atoms with van der Waals surface area (Å²) in [7, 11) is 1.78. The smallest absolute Gasteiger partial charge is 0.422 e. The molecule has 164 valence electrons. The number of alkyl halides is 3. The Morgan fingerprint density at radius 1 is 1.26 bits per heavy atom. The van der Waals surface area contributed by atoms with Gasteiger partial charge in [-0.25, -0.2) is 14.4 Å². The molecule has 0 radical (unpaired) electrons. The van der Waals surface area contributed by atoms with Gasteiger partial charge in [0.1, 0.15) is 18.4 Å². The molecule has 3 aromatic rings. The normalized spacial score (nSPS) is 16.5. The molecule has 0 spiro atoms. The number of hydrogen-bond donors (Lipinski definition) is 1. The number of fused-ring (bicyclic) bond motifs is 1. The summed E-state index contributed by atoms with van der Waals surface area (Å²) in [5.41, 5.74) is 2.97. The molecule has 7 nitrogen and oxygen atoms in total. The van der Waals surface area contributed by atoms with Gasteiger partial charge in [-0.3, -0.25) is 9.58 Å². The molecule has 4 rings (SSSR count). The van der Waals surface area contributed by atoms with Crippen molar-refractivity contribution in [1.82, 2.24) is 24.6 Å². The third kappa shape index (κ3) is 4.37. The fraction of sp³-hybridized carbons (Fsp3) is 0.350. The number of rotatable bonds is 5. The lowest BCUT2D eigenvalue weighted by Gasteiger charge is -2.21. The molecule has 0 amide bonds. The topological polar surface area (TPSA) is 76.3 Å². The van der Waals surface area contributed by atoms with Crippen LogP contribution in [0.15, 0.2) is 30.7 Å². The van der Waals surface area contributed by atoms with Gasteiger partial charge in [0.2, 0.25) is 5.88 Å². The highest BCUT2D eigenvalue weighted by molar-refractivity contribution is 5.65. The number of ether oxygens (including phenoxy) is 1. The molecule has 0 saturated heterocycles. The highest BCUT2D eigenvalue weighted by Crippen LogP contribution is 2.37. The Morgan fingerprint density at radius 2 is 2.03 bits per heavy atom. The monoisotopic (exact) mass is 437 g/mol. The molecule has 3 heterocycles. The summed E-state index contributed by atoms with van der Waals surface area (Å²) in [4.78, 5) is 9.21. The van der Waals surface area contributed by atoms with Crippen molar-refractivity contribution in [3.63, 3.8) is 0 Å². The molecule has 1 aliphatic heterocycles. The second-order valence-electron chi connectivity index (χ2n) is 7.33. The zero-order valence-electron chi connectivity index (χ0n) is 16.7. The molecule has 1 unspecified atom stereocenters. The third-order valence-corrected chi connectivity index (χ3v) is 5.01. The quantitative estimate of drug-likeness (QED) is 0.618. The number of aliphatic hydroxyl groups excluding tert-OH is 1. The molecule has 1 aromatic carbocycles. The zero-order valence-corrected chi connectivity index (χ0v) is 16.7. The molecule has 0 fully saturated rings. The van der Waals surface area contributed by atoms with E-state index in [0.717, 1.165) is 17.6 Å². The average molecular weight is 437 g/mol. The van der Waals surface area contributed by atoms with Crippen molar-refractivity contribution < 1.29 is 27.4 Å². The van der Waals surface area contributed by atoms with E-state index in [2.05, 4.69) is 15.1 Å². The largest absolute Gasteiger partial charge is 0.468 e. The van der Waals surface area contributed by atoms with Crippen LogP contribution in [-0.2, 0) is 20.1 Å². The van der Waals surface area contributed by atoms with Crippen molar-refractivity contribution in [2.75, 3.05) is 6.61 Å². The second kappa shape index (κ2) is 7.89. The van der Waals surface area contributed by atoms with Crippen LogP contribution in [0.4, 0.5) is 17.6 Å². The summed E-state index contributed by atoms with van der Waals surface area (Å²) in [6.07, 6.45) is -2.99. The Morgan fingerprint density at radius 3 is 2.68 bits per heavy atom. The highest BCUT2D eigenvalue weighted by atomic mass is 19.4. The lowest BCUT2D eigenvalue weighted by atomic mass is 10.0. The highest BCUT2D eigenvalue weighted by Gasteiger charge is 2.36. The van der Waals surface area contributed by atoms with Crippen LogP contribution in [0.3, 0.4) is 0 Å². The summed E-state index contributed by atoms with van der Waals surface area (Å²) in [6.45, 7) is 0.435. The van der Waals surface area contributed by atoms with Gasteiger partial charge >= 0.3 is 6.18 Å². The van der Waals surface area contributed by atoms with Crippen LogP contribution < -0.4 is 4.74 Å². The van der Waals surface area contributed by atoms with Crippen LogP contribution in [0.25, 0.3) is 11.1 Å². The molecular weight excluding hydrogens is 418 g/mol. The summed E-state index contributed by atoms with van der Waals surface area (Å²) in [5, 5.41) is 14.9. The Kier molecular flexibility index (Phi) is 5.40. The summed E-state index contributed by atoms with van der Waals surface area (Å²) >= 11 is 0. The van der Waals surface area contributed by atoms with Crippen LogP contribution in [0, 0.1) is 12.7 Å². The van der Waals surface area contributed by atoms with E-state index < -0.39 is 24.8 Å². The molecular formula is C20H19F4N5O2. The number of hydrogen-bond acceptors (Lipinski definition) is 6. The molecule has 31 heavy (non-hydrogen) atoms. The minimum atomic E-state index is -4.54. The van der Waals surface area contributed by atoms with Crippen molar-refractivity contribution in [3.8, 4) is 17.0 Å². The minimum absolute atomic E-state index is 0.0222. The predicted octanol–water partition coefficient (Wildman–Crippen LogP) is 3.27. The molecule has 0 aliphatic carbocycles. The standard InChI is InChI=1S/C20H19F4N5O2/c1-11-14(7-28(2)27-11)12-3-4-13(15(21)5-12)6-29-8-16-17(19(29)30)18(26-10-25-16)31-9-20(22,23)24/h3-5,7,10,19,30H,6,8-9H2,1-2H3. The van der Waals surface area contributed by atoms with Crippen LogP contribution in [0.1, 0.15) is 28.7 Å². The lowest BCUT2D eigenvalue weighted by Crippen LogP contribution is -2.23. The van der Waals surface area contributed by atoms with E-state index in [-0.39, 0.29) is 24.5 Å². The molecule has 2 aromatic heterocycles. The minimum Gasteiger partial charge on any atom is -0.468 e. The maximum absolute atomic E-state index is 14.8. The average Bonchev–Trinajstić information content (AvgIpc) is 3.20. The number of aliphatic hydroxyl groups is 1. The Balaban J connectivity index is 1.53. The van der Waals surface area contributed by atoms with Crippen LogP contribution in [0.2, 0.25) is 0 Å². The molecule has 0 bridgehead atoms. The SMILES string of the molecule is Cc1nn(C)cc1-c1ccc(CN2Cc3ncnc(OCC(F)(F)F)c3C2O)c(F)c1. The summed E-state index contributed by atoms with van der Waals surface area (Å²) < 4.78 is 58.7. The number of aromatic nitrogens is 4. The van der Waals surface area contributed by atoms with Gasteiger partial charge < -0.3 is 9.84 Å². The maximum atomic E-state index is 14.8. The molecule has 11 heteroatoms. The number of benzene rings is 1. The first-order chi connectivity index (χ1) is 14.6. The van der Waals surface area contributed by atoms with Crippen molar-refractivity contribution in [2.45, 2.75) is 32.4 Å². The number of nitrogens with zero attached hydrogens (tertiary/aromatic N) is 5. The molecule has 1 atom stereocenters. The lowest BCUT2D eigenvalue weighted by molar-refractivity contribution is -0.154. The molecule has 0 saturated carbocycles. The van der Waals surface area contributed by atoms with E-state index in [1.54, 1.807) is 30.1 Å². The van der Waals surface area contributed by atoms with Gasteiger partial charge in [-0.15, -0.1) is 0 Å². The van der Waals surface area contributed by atoms with Crippen LogP contribution in [-0.4, -0.2) is 42.5 Å². The van der Waals surface area contributed by atoms with Crippen LogP contribution in [0.5, 0.6) is 5.88 Å². The van der Waals surface area contributed by atoms with Gasteiger partial charge in [-0.05, 0) is 18.6 Å². The fourth-order valence-corrected chi connectivity index (χ4v) is 3.61. The first kappa shape index (κ1) is 21.2. The predicted molar refractivity (Wildman–Crippen MR) is 101 cm³/mol. The second-order valence-corrected chi connectivity index (χ2v) is 7.33. The van der Waals surface area contributed by atoms with E-state index in [4.69, 9.17) is 4.74 Å². The van der Waals surface area contributed by atoms with Gasteiger partial charge in [0.25, 0.3) is 0 Å². The van der Waals surface area contributed by atoms with E-state index in [1.807, 2.05) is 6.92 Å². The van der Waals surface area contributed by atoms with Gasteiger partial charge in [0, 0.05) is 37.5 Å². The first-order valence-corrected chi connectivity index (χ1v) is 9.37. The van der Waals surface area contributed by atoms with Gasteiger partial charge in [0.15, 0.2) is 6.61 Å². The van der Waals surface area contributed by atoms with Crippen molar-refractivity contribution in [2.24, 2.45) is 7.05 Å². The maximum Gasteiger partial charge on any atom is 0.422 e. The Hall–Kier alpha value is -3.05. The number of halogens is 4. The van der Waals surface area contributed by atoms with E-state index >= 15 is 0 Å². The van der Waals surface area contributed by atoms with Gasteiger partial charge in [-0.2, -0.15) is 18.3 Å². The first-order valence-electron chi connectivity index (χ1n) is 9.37. The summed E-state index contributed by atoms with van der Waals surface area (Å²) in [6, 6.07) is 4.77. The van der Waals surface area contributed by atoms with Gasteiger partial charge in [-0.1, -0.05) is 12.1 Å². The fourth-order valence-electron chi connectivity index (χ4n) is 3.61. The Bertz CT molecular complexity index is 1120.